The van der Waals surface area contributed by atoms with Gasteiger partial charge in [-0.05, 0) is 33.1 Å². The second-order valence-electron chi connectivity index (χ2n) is 4.45. The molecule has 1 unspecified atom stereocenters. The summed E-state index contributed by atoms with van der Waals surface area (Å²) in [7, 11) is 2.06. The van der Waals surface area contributed by atoms with Gasteiger partial charge < -0.3 is 10.0 Å². The molecular weight excluding hydrogens is 192 g/mol. The lowest BCUT2D eigenvalue weighted by Gasteiger charge is -2.39. The van der Waals surface area contributed by atoms with Crippen LogP contribution in [0.25, 0.3) is 0 Å². The Bertz CT molecular complexity index is 229. The van der Waals surface area contributed by atoms with Crippen molar-refractivity contribution in [1.82, 2.24) is 9.80 Å². The highest BCUT2D eigenvalue weighted by Crippen LogP contribution is 2.30. The van der Waals surface area contributed by atoms with Crippen LogP contribution in [-0.4, -0.2) is 59.6 Å². The van der Waals surface area contributed by atoms with Gasteiger partial charge in [0, 0.05) is 12.1 Å². The first-order valence-corrected chi connectivity index (χ1v) is 5.69. The first kappa shape index (κ1) is 12.5. The average Bonchev–Trinajstić information content (AvgIpc) is 2.49. The maximum atomic E-state index is 11.0. The number of likely N-dealkylation sites (N-methyl/N-ethyl adjacent to an activating group) is 2. The van der Waals surface area contributed by atoms with Gasteiger partial charge in [-0.15, -0.1) is 0 Å². The van der Waals surface area contributed by atoms with Crippen LogP contribution in [0.1, 0.15) is 26.7 Å². The van der Waals surface area contributed by atoms with Crippen molar-refractivity contribution in [3.8, 4) is 0 Å². The molecule has 1 rings (SSSR count). The lowest BCUT2D eigenvalue weighted by molar-refractivity contribution is -0.140. The standard InChI is InChI=1S/C11H22N2O2/c1-4-13(5-2)11(8-10(14)15)6-7-12(3)9-11/h4-9H2,1-3H3,(H,14,15). The van der Waals surface area contributed by atoms with Crippen LogP contribution in [0.2, 0.25) is 0 Å². The number of carbonyl (C=O) groups is 1. The molecule has 1 N–H and O–H groups in total. The summed E-state index contributed by atoms with van der Waals surface area (Å²) in [5.41, 5.74) is -0.135. The van der Waals surface area contributed by atoms with Crippen molar-refractivity contribution >= 4 is 5.97 Å². The van der Waals surface area contributed by atoms with E-state index in [9.17, 15) is 4.79 Å². The molecule has 0 aromatic heterocycles. The van der Waals surface area contributed by atoms with E-state index in [1.54, 1.807) is 0 Å². The van der Waals surface area contributed by atoms with Crippen molar-refractivity contribution in [1.29, 1.82) is 0 Å². The summed E-state index contributed by atoms with van der Waals surface area (Å²) < 4.78 is 0. The summed E-state index contributed by atoms with van der Waals surface area (Å²) in [4.78, 5) is 15.5. The average molecular weight is 214 g/mol. The maximum Gasteiger partial charge on any atom is 0.305 e. The number of carboxylic acids is 1. The fourth-order valence-electron chi connectivity index (χ4n) is 2.75. The van der Waals surface area contributed by atoms with Crippen molar-refractivity contribution in [3.05, 3.63) is 0 Å². The lowest BCUT2D eigenvalue weighted by atomic mass is 9.91. The second-order valence-corrected chi connectivity index (χ2v) is 4.45. The molecule has 1 fully saturated rings. The van der Waals surface area contributed by atoms with Gasteiger partial charge in [-0.2, -0.15) is 0 Å². The van der Waals surface area contributed by atoms with E-state index in [0.717, 1.165) is 32.6 Å². The number of rotatable bonds is 5. The van der Waals surface area contributed by atoms with E-state index < -0.39 is 5.97 Å². The number of hydrogen-bond acceptors (Lipinski definition) is 3. The van der Waals surface area contributed by atoms with E-state index in [-0.39, 0.29) is 12.0 Å². The minimum atomic E-state index is -0.683. The highest BCUT2D eigenvalue weighted by molar-refractivity contribution is 5.68. The van der Waals surface area contributed by atoms with Gasteiger partial charge in [-0.25, -0.2) is 0 Å². The molecule has 1 saturated heterocycles. The Morgan fingerprint density at radius 2 is 2.07 bits per heavy atom. The third-order valence-electron chi connectivity index (χ3n) is 3.44. The largest absolute Gasteiger partial charge is 0.481 e. The Labute approximate surface area is 91.9 Å². The quantitative estimate of drug-likeness (QED) is 0.738. The third-order valence-corrected chi connectivity index (χ3v) is 3.44. The minimum absolute atomic E-state index is 0.135. The molecule has 1 heterocycles. The van der Waals surface area contributed by atoms with Crippen LogP contribution in [0.4, 0.5) is 0 Å². The number of carboxylic acid groups (broad SMARTS) is 1. The smallest absolute Gasteiger partial charge is 0.305 e. The molecule has 1 aliphatic heterocycles. The Balaban J connectivity index is 2.80. The lowest BCUT2D eigenvalue weighted by Crippen LogP contribution is -2.51. The number of hydrogen-bond donors (Lipinski definition) is 1. The van der Waals surface area contributed by atoms with Crippen LogP contribution in [0.15, 0.2) is 0 Å². The predicted octanol–water partition coefficient (Wildman–Crippen LogP) is 0.877. The molecule has 0 aromatic rings. The molecule has 0 aromatic carbocycles. The summed E-state index contributed by atoms with van der Waals surface area (Å²) in [5, 5.41) is 9.02. The summed E-state index contributed by atoms with van der Waals surface area (Å²) in [6, 6.07) is 0. The van der Waals surface area contributed by atoms with Gasteiger partial charge in [0.2, 0.25) is 0 Å². The maximum absolute atomic E-state index is 11.0. The molecule has 0 spiro atoms. The fraction of sp³-hybridized carbons (Fsp3) is 0.909. The molecule has 1 atom stereocenters. The zero-order valence-electron chi connectivity index (χ0n) is 9.99. The summed E-state index contributed by atoms with van der Waals surface area (Å²) in [6.07, 6.45) is 1.23. The van der Waals surface area contributed by atoms with Crippen LogP contribution < -0.4 is 0 Å². The molecule has 0 amide bonds. The van der Waals surface area contributed by atoms with Gasteiger partial charge in [0.25, 0.3) is 0 Å². The molecule has 4 heteroatoms. The van der Waals surface area contributed by atoms with Crippen molar-refractivity contribution in [2.75, 3.05) is 33.2 Å². The molecule has 88 valence electrons. The molecule has 0 bridgehead atoms. The molecule has 1 aliphatic rings. The second kappa shape index (κ2) is 4.94. The highest BCUT2D eigenvalue weighted by Gasteiger charge is 2.42. The molecule has 15 heavy (non-hydrogen) atoms. The Morgan fingerprint density at radius 1 is 1.47 bits per heavy atom. The Morgan fingerprint density at radius 3 is 2.40 bits per heavy atom. The number of nitrogens with zero attached hydrogens (tertiary/aromatic N) is 2. The van der Waals surface area contributed by atoms with Gasteiger partial charge in [-0.3, -0.25) is 9.69 Å². The van der Waals surface area contributed by atoms with Crippen molar-refractivity contribution in [2.24, 2.45) is 0 Å². The molecular formula is C11H22N2O2. The summed E-state index contributed by atoms with van der Waals surface area (Å²) >= 11 is 0. The predicted molar refractivity (Wildman–Crippen MR) is 60.0 cm³/mol. The zero-order valence-corrected chi connectivity index (χ0v) is 9.99. The van der Waals surface area contributed by atoms with Crippen molar-refractivity contribution in [2.45, 2.75) is 32.2 Å². The normalized spacial score (nSPS) is 27.5. The minimum Gasteiger partial charge on any atom is -0.481 e. The first-order chi connectivity index (χ1) is 7.04. The van der Waals surface area contributed by atoms with Gasteiger partial charge in [0.05, 0.1) is 6.42 Å². The van der Waals surface area contributed by atoms with Crippen LogP contribution in [0, 0.1) is 0 Å². The van der Waals surface area contributed by atoms with E-state index in [2.05, 4.69) is 30.7 Å². The highest BCUT2D eigenvalue weighted by atomic mass is 16.4. The van der Waals surface area contributed by atoms with Crippen LogP contribution >= 0.6 is 0 Å². The van der Waals surface area contributed by atoms with E-state index in [1.807, 2.05) is 0 Å². The van der Waals surface area contributed by atoms with E-state index in [0.29, 0.717) is 0 Å². The van der Waals surface area contributed by atoms with Crippen LogP contribution in [0.5, 0.6) is 0 Å². The summed E-state index contributed by atoms with van der Waals surface area (Å²) in [6.45, 7) is 7.94. The van der Waals surface area contributed by atoms with Gasteiger partial charge in [0.1, 0.15) is 0 Å². The Hall–Kier alpha value is -0.610. The zero-order chi connectivity index (χ0) is 11.5. The molecule has 0 radical (unpaired) electrons. The molecule has 0 aliphatic carbocycles. The van der Waals surface area contributed by atoms with Gasteiger partial charge >= 0.3 is 5.97 Å². The van der Waals surface area contributed by atoms with E-state index in [1.165, 1.54) is 0 Å². The van der Waals surface area contributed by atoms with Crippen molar-refractivity contribution in [3.63, 3.8) is 0 Å². The topological polar surface area (TPSA) is 43.8 Å². The van der Waals surface area contributed by atoms with E-state index in [4.69, 9.17) is 5.11 Å². The molecule has 0 saturated carbocycles. The van der Waals surface area contributed by atoms with Gasteiger partial charge in [-0.1, -0.05) is 13.8 Å². The SMILES string of the molecule is CCN(CC)C1(CC(=O)O)CCN(C)C1. The Kier molecular flexibility index (Phi) is 4.11. The summed E-state index contributed by atoms with van der Waals surface area (Å²) in [5.74, 6) is -0.683. The first-order valence-electron chi connectivity index (χ1n) is 5.69. The number of aliphatic carboxylic acids is 1. The van der Waals surface area contributed by atoms with Crippen LogP contribution in [0.3, 0.4) is 0 Å². The third kappa shape index (κ3) is 2.69. The van der Waals surface area contributed by atoms with Crippen LogP contribution in [-0.2, 0) is 4.79 Å². The fourth-order valence-corrected chi connectivity index (χ4v) is 2.75. The monoisotopic (exact) mass is 214 g/mol. The van der Waals surface area contributed by atoms with E-state index >= 15 is 0 Å². The number of likely N-dealkylation sites (tertiary alicyclic amines) is 1. The van der Waals surface area contributed by atoms with Gasteiger partial charge in [0.15, 0.2) is 0 Å². The molecule has 4 nitrogen and oxygen atoms in total. The van der Waals surface area contributed by atoms with Crippen molar-refractivity contribution < 1.29 is 9.90 Å².